The van der Waals surface area contributed by atoms with Crippen molar-refractivity contribution in [1.29, 1.82) is 0 Å². The molecular weight excluding hydrogens is 212 g/mol. The number of anilines is 2. The normalized spacial score (nSPS) is 24.3. The van der Waals surface area contributed by atoms with Gasteiger partial charge in [-0.25, -0.2) is 4.98 Å². The fourth-order valence-electron chi connectivity index (χ4n) is 2.63. The highest BCUT2D eigenvalue weighted by Crippen LogP contribution is 2.28. The number of aromatic amines is 1. The number of benzene rings is 1. The summed E-state index contributed by atoms with van der Waals surface area (Å²) >= 11 is 0. The van der Waals surface area contributed by atoms with E-state index in [1.54, 1.807) is 0 Å². The quantitative estimate of drug-likeness (QED) is 0.695. The highest BCUT2D eigenvalue weighted by molar-refractivity contribution is 5.80. The Balaban J connectivity index is 1.85. The molecule has 4 N–H and O–H groups in total. The lowest BCUT2D eigenvalue weighted by Crippen LogP contribution is -2.22. The van der Waals surface area contributed by atoms with Crippen LogP contribution in [0.15, 0.2) is 18.2 Å². The van der Waals surface area contributed by atoms with Crippen LogP contribution in [-0.4, -0.2) is 16.0 Å². The van der Waals surface area contributed by atoms with E-state index in [4.69, 9.17) is 5.73 Å². The summed E-state index contributed by atoms with van der Waals surface area (Å²) in [5.74, 6) is 1.60. The molecule has 2 aromatic rings. The summed E-state index contributed by atoms with van der Waals surface area (Å²) in [6, 6.07) is 6.30. The second-order valence-corrected chi connectivity index (χ2v) is 5.02. The molecule has 4 heteroatoms. The molecule has 1 aromatic carbocycles. The molecule has 3 rings (SSSR count). The summed E-state index contributed by atoms with van der Waals surface area (Å²) in [5, 5.41) is 3.49. The van der Waals surface area contributed by atoms with Crippen molar-refractivity contribution in [3.05, 3.63) is 18.2 Å². The van der Waals surface area contributed by atoms with E-state index in [0.29, 0.717) is 6.04 Å². The van der Waals surface area contributed by atoms with Gasteiger partial charge in [-0.15, -0.1) is 0 Å². The molecule has 1 aliphatic rings. The van der Waals surface area contributed by atoms with Crippen LogP contribution in [0.4, 0.5) is 11.6 Å². The van der Waals surface area contributed by atoms with Crippen molar-refractivity contribution in [1.82, 2.24) is 9.97 Å². The minimum absolute atomic E-state index is 0.549. The van der Waals surface area contributed by atoms with E-state index in [-0.39, 0.29) is 0 Å². The summed E-state index contributed by atoms with van der Waals surface area (Å²) in [6.45, 7) is 2.30. The van der Waals surface area contributed by atoms with Crippen molar-refractivity contribution >= 4 is 22.7 Å². The third-order valence-corrected chi connectivity index (χ3v) is 3.69. The molecule has 17 heavy (non-hydrogen) atoms. The number of nitrogens with one attached hydrogen (secondary N) is 2. The number of aromatic nitrogens is 2. The Bertz CT molecular complexity index is 531. The Morgan fingerprint density at radius 1 is 1.41 bits per heavy atom. The molecule has 1 aliphatic carbocycles. The van der Waals surface area contributed by atoms with Crippen LogP contribution in [-0.2, 0) is 0 Å². The molecule has 2 atom stereocenters. The average Bonchev–Trinajstić information content (AvgIpc) is 2.85. The lowest BCUT2D eigenvalue weighted by molar-refractivity contribution is 0.554. The molecule has 0 bridgehead atoms. The zero-order valence-corrected chi connectivity index (χ0v) is 10.0. The molecular formula is C13H18N4. The van der Waals surface area contributed by atoms with Gasteiger partial charge in [0, 0.05) is 11.7 Å². The van der Waals surface area contributed by atoms with Gasteiger partial charge in [0.2, 0.25) is 5.95 Å². The highest BCUT2D eigenvalue weighted by Gasteiger charge is 2.23. The van der Waals surface area contributed by atoms with Crippen LogP contribution in [0.2, 0.25) is 0 Å². The topological polar surface area (TPSA) is 66.7 Å². The van der Waals surface area contributed by atoms with Gasteiger partial charge in [-0.3, -0.25) is 0 Å². The van der Waals surface area contributed by atoms with E-state index in [1.165, 1.54) is 19.3 Å². The van der Waals surface area contributed by atoms with E-state index >= 15 is 0 Å². The number of rotatable bonds is 2. The molecule has 2 unspecified atom stereocenters. The Kier molecular flexibility index (Phi) is 2.42. The Morgan fingerprint density at radius 3 is 3.06 bits per heavy atom. The number of fused-ring (bicyclic) bond motifs is 1. The number of hydrogen-bond donors (Lipinski definition) is 3. The van der Waals surface area contributed by atoms with Crippen LogP contribution in [0.1, 0.15) is 26.2 Å². The van der Waals surface area contributed by atoms with Gasteiger partial charge in [-0.2, -0.15) is 0 Å². The average molecular weight is 230 g/mol. The fraction of sp³-hybridized carbons (Fsp3) is 0.462. The second-order valence-electron chi connectivity index (χ2n) is 5.02. The fourth-order valence-corrected chi connectivity index (χ4v) is 2.63. The number of nitrogen functional groups attached to an aromatic ring is 1. The summed E-state index contributed by atoms with van der Waals surface area (Å²) in [6.07, 6.45) is 3.86. The van der Waals surface area contributed by atoms with Crippen molar-refractivity contribution in [2.24, 2.45) is 5.92 Å². The summed E-state index contributed by atoms with van der Waals surface area (Å²) in [4.78, 5) is 7.81. The first-order valence-corrected chi connectivity index (χ1v) is 6.24. The number of H-pyrrole nitrogens is 1. The monoisotopic (exact) mass is 230 g/mol. The Labute approximate surface area is 101 Å². The van der Waals surface area contributed by atoms with Crippen LogP contribution in [0.5, 0.6) is 0 Å². The maximum atomic E-state index is 5.75. The van der Waals surface area contributed by atoms with Crippen molar-refractivity contribution in [3.63, 3.8) is 0 Å². The number of hydrogen-bond acceptors (Lipinski definition) is 3. The van der Waals surface area contributed by atoms with Gasteiger partial charge in [-0.1, -0.05) is 13.3 Å². The van der Waals surface area contributed by atoms with Gasteiger partial charge in [0.1, 0.15) is 0 Å². The number of nitrogens with two attached hydrogens (primary N) is 1. The predicted molar refractivity (Wildman–Crippen MR) is 70.9 cm³/mol. The zero-order valence-electron chi connectivity index (χ0n) is 10.0. The molecule has 0 amide bonds. The van der Waals surface area contributed by atoms with E-state index in [1.807, 2.05) is 18.2 Å². The molecule has 1 fully saturated rings. The van der Waals surface area contributed by atoms with Crippen molar-refractivity contribution < 1.29 is 0 Å². The number of imidazole rings is 1. The van der Waals surface area contributed by atoms with Gasteiger partial charge in [0.05, 0.1) is 11.0 Å². The largest absolute Gasteiger partial charge is 0.399 e. The minimum Gasteiger partial charge on any atom is -0.399 e. The lowest BCUT2D eigenvalue weighted by Gasteiger charge is -2.16. The number of nitrogens with zero attached hydrogens (tertiary/aromatic N) is 1. The van der Waals surface area contributed by atoms with Crippen LogP contribution in [0.25, 0.3) is 11.0 Å². The van der Waals surface area contributed by atoms with Gasteiger partial charge >= 0.3 is 0 Å². The Morgan fingerprint density at radius 2 is 2.29 bits per heavy atom. The maximum Gasteiger partial charge on any atom is 0.201 e. The third kappa shape index (κ3) is 1.95. The second kappa shape index (κ2) is 3.95. The van der Waals surface area contributed by atoms with Crippen molar-refractivity contribution in [2.75, 3.05) is 11.1 Å². The summed E-state index contributed by atoms with van der Waals surface area (Å²) < 4.78 is 0. The molecule has 0 aliphatic heterocycles. The molecule has 1 heterocycles. The molecule has 1 saturated carbocycles. The summed E-state index contributed by atoms with van der Waals surface area (Å²) in [5.41, 5.74) is 8.48. The van der Waals surface area contributed by atoms with E-state index in [2.05, 4.69) is 22.2 Å². The standard InChI is InChI=1S/C13H18N4/c1-8-3-2-4-10(8)15-13-16-11-6-5-9(14)7-12(11)17-13/h5-8,10H,2-4,14H2,1H3,(H2,15,16,17). The first-order chi connectivity index (χ1) is 8.22. The van der Waals surface area contributed by atoms with E-state index in [0.717, 1.165) is 28.6 Å². The first kappa shape index (κ1) is 10.4. The molecule has 90 valence electrons. The molecule has 0 saturated heterocycles. The lowest BCUT2D eigenvalue weighted by atomic mass is 10.1. The molecule has 0 spiro atoms. The minimum atomic E-state index is 0.549. The molecule has 0 radical (unpaired) electrons. The molecule has 4 nitrogen and oxygen atoms in total. The van der Waals surface area contributed by atoms with E-state index < -0.39 is 0 Å². The van der Waals surface area contributed by atoms with Gasteiger partial charge < -0.3 is 16.0 Å². The van der Waals surface area contributed by atoms with Gasteiger partial charge in [0.15, 0.2) is 0 Å². The highest BCUT2D eigenvalue weighted by atomic mass is 15.1. The van der Waals surface area contributed by atoms with Crippen LogP contribution in [0, 0.1) is 5.92 Å². The van der Waals surface area contributed by atoms with Crippen molar-refractivity contribution in [2.45, 2.75) is 32.2 Å². The Hall–Kier alpha value is -1.71. The van der Waals surface area contributed by atoms with Crippen LogP contribution < -0.4 is 11.1 Å². The predicted octanol–water partition coefficient (Wildman–Crippen LogP) is 2.75. The van der Waals surface area contributed by atoms with Crippen LogP contribution >= 0.6 is 0 Å². The summed E-state index contributed by atoms with van der Waals surface area (Å²) in [7, 11) is 0. The van der Waals surface area contributed by atoms with Crippen LogP contribution in [0.3, 0.4) is 0 Å². The van der Waals surface area contributed by atoms with Gasteiger partial charge in [0.25, 0.3) is 0 Å². The molecule has 1 aromatic heterocycles. The van der Waals surface area contributed by atoms with Gasteiger partial charge in [-0.05, 0) is 37.0 Å². The van der Waals surface area contributed by atoms with E-state index in [9.17, 15) is 0 Å². The zero-order chi connectivity index (χ0) is 11.8. The van der Waals surface area contributed by atoms with Crippen molar-refractivity contribution in [3.8, 4) is 0 Å². The third-order valence-electron chi connectivity index (χ3n) is 3.69. The smallest absolute Gasteiger partial charge is 0.201 e. The SMILES string of the molecule is CC1CCCC1Nc1nc2ccc(N)cc2[nH]1. The maximum absolute atomic E-state index is 5.75. The first-order valence-electron chi connectivity index (χ1n) is 6.24.